The first kappa shape index (κ1) is 19.8. The lowest BCUT2D eigenvalue weighted by Gasteiger charge is -2.27. The van der Waals surface area contributed by atoms with Crippen molar-refractivity contribution < 1.29 is 4.79 Å². The Morgan fingerprint density at radius 3 is 2.56 bits per heavy atom. The van der Waals surface area contributed by atoms with Crippen LogP contribution in [0.1, 0.15) is 57.1 Å². The van der Waals surface area contributed by atoms with Crippen molar-refractivity contribution in [1.29, 1.82) is 0 Å². The van der Waals surface area contributed by atoms with Crippen molar-refractivity contribution >= 4 is 5.91 Å². The molecule has 7 nitrogen and oxygen atoms in total. The summed E-state index contributed by atoms with van der Waals surface area (Å²) in [5.74, 6) is 0.432. The van der Waals surface area contributed by atoms with Crippen molar-refractivity contribution in [1.82, 2.24) is 30.1 Å². The van der Waals surface area contributed by atoms with E-state index >= 15 is 0 Å². The minimum absolute atomic E-state index is 0.000963. The van der Waals surface area contributed by atoms with E-state index in [1.807, 2.05) is 15.8 Å². The molecule has 0 unspecified atom stereocenters. The fraction of sp³-hybridized carbons (Fsp3) is 0.833. The Morgan fingerprint density at radius 2 is 1.96 bits per heavy atom. The molecular weight excluding hydrogens is 316 g/mol. The lowest BCUT2D eigenvalue weighted by molar-refractivity contribution is 0.0710. The van der Waals surface area contributed by atoms with Gasteiger partial charge < -0.3 is 15.1 Å². The number of rotatable bonds is 9. The van der Waals surface area contributed by atoms with Gasteiger partial charge in [0.05, 0.1) is 12.2 Å². The number of hydrogen-bond acceptors (Lipinski definition) is 5. The summed E-state index contributed by atoms with van der Waals surface area (Å²) < 4.78 is 1.88. The third kappa shape index (κ3) is 5.78. The molecule has 1 aliphatic rings. The molecule has 25 heavy (non-hydrogen) atoms. The van der Waals surface area contributed by atoms with Crippen LogP contribution >= 0.6 is 0 Å². The maximum Gasteiger partial charge on any atom is 0.276 e. The summed E-state index contributed by atoms with van der Waals surface area (Å²) in [5.41, 5.74) is 0.471. The quantitative estimate of drug-likeness (QED) is 0.733. The maximum atomic E-state index is 12.9. The average Bonchev–Trinajstić information content (AvgIpc) is 3.11. The van der Waals surface area contributed by atoms with Crippen LogP contribution in [0.2, 0.25) is 0 Å². The van der Waals surface area contributed by atoms with Gasteiger partial charge in [-0.2, -0.15) is 0 Å². The largest absolute Gasteiger partial charge is 0.336 e. The first-order valence-electron chi connectivity index (χ1n) is 9.69. The standard InChI is InChI=1S/C18H34N6O/c1-5-22(6-2)11-12-23(13-15(3)4)18(25)17-14-24(21-20-17)16-7-9-19-10-8-16/h14-16,19H,5-13H2,1-4H3. The Kier molecular flexibility index (Phi) is 7.84. The topological polar surface area (TPSA) is 66.3 Å². The first-order chi connectivity index (χ1) is 12.0. The van der Waals surface area contributed by atoms with E-state index in [1.54, 1.807) is 0 Å². The van der Waals surface area contributed by atoms with Gasteiger partial charge in [-0.05, 0) is 44.9 Å². The zero-order valence-corrected chi connectivity index (χ0v) is 16.2. The molecule has 0 aliphatic carbocycles. The van der Waals surface area contributed by atoms with Gasteiger partial charge in [0.2, 0.25) is 0 Å². The predicted octanol–water partition coefficient (Wildman–Crippen LogP) is 1.64. The van der Waals surface area contributed by atoms with E-state index in [2.05, 4.69) is 48.2 Å². The van der Waals surface area contributed by atoms with Gasteiger partial charge in [-0.3, -0.25) is 4.79 Å². The highest BCUT2D eigenvalue weighted by molar-refractivity contribution is 5.91. The van der Waals surface area contributed by atoms with Crippen molar-refractivity contribution in [2.45, 2.75) is 46.6 Å². The van der Waals surface area contributed by atoms with E-state index in [0.29, 0.717) is 17.7 Å². The molecule has 2 rings (SSSR count). The Bertz CT molecular complexity index is 519. The minimum atomic E-state index is 0.000963. The van der Waals surface area contributed by atoms with Crippen LogP contribution < -0.4 is 5.32 Å². The third-order valence-electron chi connectivity index (χ3n) is 4.87. The van der Waals surface area contributed by atoms with Gasteiger partial charge in [0.1, 0.15) is 0 Å². The summed E-state index contributed by atoms with van der Waals surface area (Å²) in [6.07, 6.45) is 3.91. The minimum Gasteiger partial charge on any atom is -0.336 e. The Labute approximate surface area is 151 Å². The van der Waals surface area contributed by atoms with E-state index in [4.69, 9.17) is 0 Å². The zero-order valence-electron chi connectivity index (χ0n) is 16.2. The number of hydrogen-bond donors (Lipinski definition) is 1. The number of amides is 1. The molecule has 1 aliphatic heterocycles. The Hall–Kier alpha value is -1.47. The predicted molar refractivity (Wildman–Crippen MR) is 99.7 cm³/mol. The summed E-state index contributed by atoms with van der Waals surface area (Å²) in [4.78, 5) is 17.2. The lowest BCUT2D eigenvalue weighted by Crippen LogP contribution is -2.40. The summed E-state index contributed by atoms with van der Waals surface area (Å²) in [6.45, 7) is 15.0. The van der Waals surface area contributed by atoms with E-state index < -0.39 is 0 Å². The fourth-order valence-corrected chi connectivity index (χ4v) is 3.30. The normalized spacial score (nSPS) is 15.9. The second kappa shape index (κ2) is 9.87. The molecule has 0 spiro atoms. The van der Waals surface area contributed by atoms with E-state index in [0.717, 1.165) is 58.7 Å². The van der Waals surface area contributed by atoms with Gasteiger partial charge >= 0.3 is 0 Å². The highest BCUT2D eigenvalue weighted by atomic mass is 16.2. The second-order valence-corrected chi connectivity index (χ2v) is 7.24. The Morgan fingerprint density at radius 1 is 1.28 bits per heavy atom. The Balaban J connectivity index is 2.03. The van der Waals surface area contributed by atoms with E-state index in [1.165, 1.54) is 0 Å². The highest BCUT2D eigenvalue weighted by Crippen LogP contribution is 2.17. The molecule has 1 amide bonds. The molecule has 2 heterocycles. The van der Waals surface area contributed by atoms with Crippen LogP contribution in [0.3, 0.4) is 0 Å². The smallest absolute Gasteiger partial charge is 0.276 e. The molecule has 0 bridgehead atoms. The van der Waals surface area contributed by atoms with Crippen molar-refractivity contribution in [3.63, 3.8) is 0 Å². The first-order valence-corrected chi connectivity index (χ1v) is 9.69. The van der Waals surface area contributed by atoms with Crippen LogP contribution in [0.4, 0.5) is 0 Å². The number of carbonyl (C=O) groups is 1. The van der Waals surface area contributed by atoms with Crippen LogP contribution in [0.15, 0.2) is 6.20 Å². The van der Waals surface area contributed by atoms with E-state index in [-0.39, 0.29) is 5.91 Å². The molecule has 0 radical (unpaired) electrons. The average molecular weight is 351 g/mol. The summed E-state index contributed by atoms with van der Waals surface area (Å²) in [5, 5.41) is 11.8. The highest BCUT2D eigenvalue weighted by Gasteiger charge is 2.23. The van der Waals surface area contributed by atoms with Crippen LogP contribution in [0.25, 0.3) is 0 Å². The zero-order chi connectivity index (χ0) is 18.2. The molecule has 0 saturated carbocycles. The number of piperidine rings is 1. The molecule has 1 saturated heterocycles. The molecule has 0 atom stereocenters. The van der Waals surface area contributed by atoms with Crippen molar-refractivity contribution in [3.05, 3.63) is 11.9 Å². The lowest BCUT2D eigenvalue weighted by atomic mass is 10.1. The molecule has 142 valence electrons. The van der Waals surface area contributed by atoms with Crippen LogP contribution in [0, 0.1) is 5.92 Å². The van der Waals surface area contributed by atoms with Crippen molar-refractivity contribution in [2.75, 3.05) is 45.8 Å². The molecule has 7 heteroatoms. The number of aromatic nitrogens is 3. The van der Waals surface area contributed by atoms with Gasteiger partial charge in [0.15, 0.2) is 5.69 Å². The SMILES string of the molecule is CCN(CC)CCN(CC(C)C)C(=O)c1cn(C2CCNCC2)nn1. The van der Waals surface area contributed by atoms with Crippen molar-refractivity contribution in [2.24, 2.45) is 5.92 Å². The third-order valence-corrected chi connectivity index (χ3v) is 4.87. The molecule has 1 aromatic rings. The number of nitrogens with zero attached hydrogens (tertiary/aromatic N) is 5. The van der Waals surface area contributed by atoms with Gasteiger partial charge in [-0.15, -0.1) is 5.10 Å². The molecule has 1 fully saturated rings. The van der Waals surface area contributed by atoms with Crippen LogP contribution in [-0.4, -0.2) is 76.5 Å². The molecule has 1 aromatic heterocycles. The number of likely N-dealkylation sites (N-methyl/N-ethyl adjacent to an activating group) is 1. The summed E-state index contributed by atoms with van der Waals surface area (Å²) in [6, 6.07) is 0.351. The van der Waals surface area contributed by atoms with Crippen LogP contribution in [0.5, 0.6) is 0 Å². The van der Waals surface area contributed by atoms with Crippen molar-refractivity contribution in [3.8, 4) is 0 Å². The summed E-state index contributed by atoms with van der Waals surface area (Å²) in [7, 11) is 0. The summed E-state index contributed by atoms with van der Waals surface area (Å²) >= 11 is 0. The molecular formula is C18H34N6O. The van der Waals surface area contributed by atoms with Gasteiger partial charge in [0, 0.05) is 19.6 Å². The van der Waals surface area contributed by atoms with Gasteiger partial charge in [0.25, 0.3) is 5.91 Å². The maximum absolute atomic E-state index is 12.9. The number of carbonyl (C=O) groups excluding carboxylic acids is 1. The fourth-order valence-electron chi connectivity index (χ4n) is 3.30. The monoisotopic (exact) mass is 350 g/mol. The van der Waals surface area contributed by atoms with Gasteiger partial charge in [-0.25, -0.2) is 4.68 Å². The van der Waals surface area contributed by atoms with Crippen LogP contribution in [-0.2, 0) is 0 Å². The van der Waals surface area contributed by atoms with E-state index in [9.17, 15) is 4.79 Å². The number of nitrogens with one attached hydrogen (secondary N) is 1. The van der Waals surface area contributed by atoms with Gasteiger partial charge in [-0.1, -0.05) is 32.9 Å². The molecule has 1 N–H and O–H groups in total. The second-order valence-electron chi connectivity index (χ2n) is 7.24. The molecule has 0 aromatic carbocycles.